The van der Waals surface area contributed by atoms with Crippen molar-refractivity contribution in [2.45, 2.75) is 52.5 Å². The first-order chi connectivity index (χ1) is 13.5. The summed E-state index contributed by atoms with van der Waals surface area (Å²) >= 11 is 0. The first-order valence-electron chi connectivity index (χ1n) is 10.1. The first-order valence-corrected chi connectivity index (χ1v) is 10.1. The molecule has 1 aliphatic heterocycles. The van der Waals surface area contributed by atoms with E-state index in [-0.39, 0.29) is 36.2 Å². The number of morpholine rings is 1. The van der Waals surface area contributed by atoms with Gasteiger partial charge in [0.2, 0.25) is 0 Å². The highest BCUT2D eigenvalue weighted by Crippen LogP contribution is 2.18. The highest BCUT2D eigenvalue weighted by molar-refractivity contribution is 14.0. The normalized spacial score (nSPS) is 20.2. The Labute approximate surface area is 191 Å². The molecular weight excluding hydrogens is 475 g/mol. The van der Waals surface area contributed by atoms with Gasteiger partial charge in [0.1, 0.15) is 0 Å². The Hall–Kier alpha value is -1.64. The molecule has 1 saturated heterocycles. The van der Waals surface area contributed by atoms with E-state index >= 15 is 0 Å². The minimum atomic E-state index is 0. The summed E-state index contributed by atoms with van der Waals surface area (Å²) in [5, 5.41) is 3.20. The maximum Gasteiger partial charge on any atom is 0.193 e. The first kappa shape index (κ1) is 23.6. The molecule has 0 spiro atoms. The van der Waals surface area contributed by atoms with Crippen LogP contribution in [-0.2, 0) is 24.2 Å². The number of ether oxygens (including phenoxy) is 1. The van der Waals surface area contributed by atoms with Crippen LogP contribution in [0.2, 0.25) is 0 Å². The summed E-state index contributed by atoms with van der Waals surface area (Å²) in [6.07, 6.45) is 1.54. The van der Waals surface area contributed by atoms with Crippen molar-refractivity contribution in [1.82, 2.24) is 4.90 Å². The van der Waals surface area contributed by atoms with Gasteiger partial charge in [-0.3, -0.25) is 4.90 Å². The Morgan fingerprint density at radius 3 is 2.48 bits per heavy atom. The van der Waals surface area contributed by atoms with Crippen molar-refractivity contribution in [3.8, 4) is 0 Å². The lowest BCUT2D eigenvalue weighted by molar-refractivity contribution is -0.0705. The topological polar surface area (TPSA) is 62.9 Å². The Morgan fingerprint density at radius 1 is 1.10 bits per heavy atom. The summed E-state index contributed by atoms with van der Waals surface area (Å²) in [6.45, 7) is 9.81. The zero-order chi connectivity index (χ0) is 19.9. The Morgan fingerprint density at radius 2 is 1.79 bits per heavy atom. The SMILES string of the molecule is CCc1cccc(NC(N)=NCc2ccccc2CN2CC(C)OC(C)C2)c1.I. The number of aliphatic imine (C=N–C) groups is 1. The molecule has 0 radical (unpaired) electrons. The molecule has 2 aromatic rings. The van der Waals surface area contributed by atoms with Gasteiger partial charge in [-0.05, 0) is 49.1 Å². The van der Waals surface area contributed by atoms with E-state index in [2.05, 4.69) is 72.4 Å². The molecule has 0 amide bonds. The fraction of sp³-hybridized carbons (Fsp3) is 0.435. The molecule has 29 heavy (non-hydrogen) atoms. The molecular formula is C23H33IN4O. The molecule has 0 saturated carbocycles. The van der Waals surface area contributed by atoms with Crippen molar-refractivity contribution in [3.63, 3.8) is 0 Å². The van der Waals surface area contributed by atoms with Gasteiger partial charge in [0.25, 0.3) is 0 Å². The fourth-order valence-corrected chi connectivity index (χ4v) is 3.75. The van der Waals surface area contributed by atoms with Gasteiger partial charge in [0.15, 0.2) is 5.96 Å². The van der Waals surface area contributed by atoms with Gasteiger partial charge in [0.05, 0.1) is 18.8 Å². The van der Waals surface area contributed by atoms with Crippen LogP contribution < -0.4 is 11.1 Å². The monoisotopic (exact) mass is 508 g/mol. The smallest absolute Gasteiger partial charge is 0.193 e. The molecule has 0 bridgehead atoms. The van der Waals surface area contributed by atoms with Crippen LogP contribution in [0.3, 0.4) is 0 Å². The third-order valence-corrected chi connectivity index (χ3v) is 5.03. The average Bonchev–Trinajstić information content (AvgIpc) is 2.66. The van der Waals surface area contributed by atoms with E-state index in [0.29, 0.717) is 12.5 Å². The fourth-order valence-electron chi connectivity index (χ4n) is 3.75. The summed E-state index contributed by atoms with van der Waals surface area (Å²) in [7, 11) is 0. The third kappa shape index (κ3) is 7.28. The number of benzene rings is 2. The van der Waals surface area contributed by atoms with Crippen molar-refractivity contribution in [1.29, 1.82) is 0 Å². The van der Waals surface area contributed by atoms with Crippen LogP contribution in [0.15, 0.2) is 53.5 Å². The molecule has 2 aromatic carbocycles. The van der Waals surface area contributed by atoms with Crippen molar-refractivity contribution in [2.75, 3.05) is 18.4 Å². The molecule has 2 unspecified atom stereocenters. The number of hydrogen-bond donors (Lipinski definition) is 2. The summed E-state index contributed by atoms with van der Waals surface area (Å²) in [5.74, 6) is 0.441. The van der Waals surface area contributed by atoms with Gasteiger partial charge in [-0.2, -0.15) is 0 Å². The summed E-state index contributed by atoms with van der Waals surface area (Å²) in [6, 6.07) is 16.7. The lowest BCUT2D eigenvalue weighted by Crippen LogP contribution is -2.44. The zero-order valence-corrected chi connectivity index (χ0v) is 19.9. The molecule has 5 nitrogen and oxygen atoms in total. The molecule has 1 aliphatic rings. The van der Waals surface area contributed by atoms with Gasteiger partial charge < -0.3 is 15.8 Å². The quantitative estimate of drug-likeness (QED) is 0.345. The lowest BCUT2D eigenvalue weighted by atomic mass is 10.1. The van der Waals surface area contributed by atoms with Crippen molar-refractivity contribution < 1.29 is 4.74 Å². The van der Waals surface area contributed by atoms with Crippen molar-refractivity contribution in [3.05, 3.63) is 65.2 Å². The van der Waals surface area contributed by atoms with Gasteiger partial charge in [0, 0.05) is 25.3 Å². The number of rotatable bonds is 6. The van der Waals surface area contributed by atoms with Gasteiger partial charge in [-0.15, -0.1) is 24.0 Å². The van der Waals surface area contributed by atoms with Crippen LogP contribution in [0.4, 0.5) is 5.69 Å². The minimum Gasteiger partial charge on any atom is -0.373 e. The number of nitrogens with two attached hydrogens (primary N) is 1. The van der Waals surface area contributed by atoms with E-state index in [1.54, 1.807) is 0 Å². The molecule has 0 aromatic heterocycles. The summed E-state index contributed by atoms with van der Waals surface area (Å²) in [4.78, 5) is 7.03. The predicted molar refractivity (Wildman–Crippen MR) is 132 cm³/mol. The Kier molecular flexibility index (Phi) is 9.39. The maximum absolute atomic E-state index is 6.13. The Balaban J connectivity index is 0.00000300. The Bertz CT molecular complexity index is 801. The summed E-state index contributed by atoms with van der Waals surface area (Å²) < 4.78 is 5.85. The van der Waals surface area contributed by atoms with Crippen molar-refractivity contribution in [2.24, 2.45) is 10.7 Å². The van der Waals surface area contributed by atoms with E-state index < -0.39 is 0 Å². The van der Waals surface area contributed by atoms with E-state index in [1.165, 1.54) is 16.7 Å². The number of anilines is 1. The molecule has 158 valence electrons. The number of nitrogens with zero attached hydrogens (tertiary/aromatic N) is 2. The molecule has 1 heterocycles. The van der Waals surface area contributed by atoms with Crippen LogP contribution in [-0.4, -0.2) is 36.2 Å². The van der Waals surface area contributed by atoms with Crippen LogP contribution in [0.25, 0.3) is 0 Å². The number of hydrogen-bond acceptors (Lipinski definition) is 3. The average molecular weight is 508 g/mol. The third-order valence-electron chi connectivity index (χ3n) is 5.03. The summed E-state index contributed by atoms with van der Waals surface area (Å²) in [5.41, 5.74) is 10.9. The molecule has 2 atom stereocenters. The van der Waals surface area contributed by atoms with Gasteiger partial charge >= 0.3 is 0 Å². The van der Waals surface area contributed by atoms with Crippen molar-refractivity contribution >= 4 is 35.6 Å². The van der Waals surface area contributed by atoms with Crippen LogP contribution in [0, 0.1) is 0 Å². The largest absolute Gasteiger partial charge is 0.373 e. The van der Waals surface area contributed by atoms with Gasteiger partial charge in [-0.1, -0.05) is 43.3 Å². The highest BCUT2D eigenvalue weighted by Gasteiger charge is 2.22. The molecule has 6 heteroatoms. The number of guanidine groups is 1. The van der Waals surface area contributed by atoms with E-state index in [1.807, 2.05) is 12.1 Å². The minimum absolute atomic E-state index is 0. The molecule has 3 N–H and O–H groups in total. The van der Waals surface area contributed by atoms with Crippen LogP contribution >= 0.6 is 24.0 Å². The maximum atomic E-state index is 6.13. The zero-order valence-electron chi connectivity index (χ0n) is 17.6. The number of nitrogens with one attached hydrogen (secondary N) is 1. The highest BCUT2D eigenvalue weighted by atomic mass is 127. The molecule has 3 rings (SSSR count). The second-order valence-electron chi connectivity index (χ2n) is 7.60. The number of aryl methyl sites for hydroxylation is 1. The van der Waals surface area contributed by atoms with E-state index in [4.69, 9.17) is 10.5 Å². The second kappa shape index (κ2) is 11.5. The standard InChI is InChI=1S/C23H32N4O.HI/c1-4-19-8-7-11-22(12-19)26-23(24)25-13-20-9-5-6-10-21(20)16-27-14-17(2)28-18(3)15-27;/h5-12,17-18H,4,13-16H2,1-3H3,(H3,24,25,26);1H. The molecule has 0 aliphatic carbocycles. The second-order valence-corrected chi connectivity index (χ2v) is 7.60. The van der Waals surface area contributed by atoms with Crippen LogP contribution in [0.1, 0.15) is 37.5 Å². The lowest BCUT2D eigenvalue weighted by Gasteiger charge is -2.35. The van der Waals surface area contributed by atoms with E-state index in [0.717, 1.165) is 31.7 Å². The molecule has 1 fully saturated rings. The van der Waals surface area contributed by atoms with Gasteiger partial charge in [-0.25, -0.2) is 4.99 Å². The van der Waals surface area contributed by atoms with Crippen LogP contribution in [0.5, 0.6) is 0 Å². The predicted octanol–water partition coefficient (Wildman–Crippen LogP) is 4.40. The number of halogens is 1. The van der Waals surface area contributed by atoms with E-state index in [9.17, 15) is 0 Å².